The lowest BCUT2D eigenvalue weighted by Gasteiger charge is -2.35. The van der Waals surface area contributed by atoms with Crippen LogP contribution in [0.1, 0.15) is 5.56 Å². The van der Waals surface area contributed by atoms with Crippen molar-refractivity contribution in [3.8, 4) is 5.75 Å². The number of carbonyl (C=O) groups is 1. The van der Waals surface area contributed by atoms with E-state index >= 15 is 0 Å². The zero-order valence-corrected chi connectivity index (χ0v) is 14.9. The summed E-state index contributed by atoms with van der Waals surface area (Å²) in [6.07, 6.45) is 0. The first kappa shape index (κ1) is 17.1. The molecule has 1 saturated heterocycles. The Morgan fingerprint density at radius 3 is 2.65 bits per heavy atom. The van der Waals surface area contributed by atoms with Crippen LogP contribution in [0, 0.1) is 5.82 Å². The van der Waals surface area contributed by atoms with Crippen LogP contribution < -0.4 is 19.9 Å². The van der Waals surface area contributed by atoms with Crippen molar-refractivity contribution in [2.45, 2.75) is 6.54 Å². The molecule has 0 unspecified atom stereocenters. The predicted molar refractivity (Wildman–Crippen MR) is 99.6 cm³/mol. The Hall–Kier alpha value is -2.31. The second-order valence-electron chi connectivity index (χ2n) is 6.37. The number of rotatable bonds is 3. The Morgan fingerprint density at radius 2 is 1.88 bits per heavy atom. The highest BCUT2D eigenvalue weighted by molar-refractivity contribution is 6.31. The van der Waals surface area contributed by atoms with Crippen molar-refractivity contribution in [3.63, 3.8) is 0 Å². The zero-order chi connectivity index (χ0) is 18.1. The monoisotopic (exact) mass is 375 g/mol. The number of piperazine rings is 1. The smallest absolute Gasteiger partial charge is 0.265 e. The second-order valence-corrected chi connectivity index (χ2v) is 6.78. The van der Waals surface area contributed by atoms with Gasteiger partial charge in [-0.1, -0.05) is 29.8 Å². The molecule has 0 spiro atoms. The van der Waals surface area contributed by atoms with Crippen LogP contribution in [0.25, 0.3) is 0 Å². The van der Waals surface area contributed by atoms with E-state index in [-0.39, 0.29) is 24.9 Å². The third-order valence-corrected chi connectivity index (χ3v) is 5.06. The highest BCUT2D eigenvalue weighted by atomic mass is 35.5. The highest BCUT2D eigenvalue weighted by Gasteiger charge is 2.31. The van der Waals surface area contributed by atoms with Crippen molar-refractivity contribution in [3.05, 3.63) is 52.8 Å². The Bertz CT molecular complexity index is 840. The van der Waals surface area contributed by atoms with E-state index < -0.39 is 0 Å². The Balaban J connectivity index is 1.74. The van der Waals surface area contributed by atoms with Gasteiger partial charge >= 0.3 is 0 Å². The molecule has 1 amide bonds. The van der Waals surface area contributed by atoms with Crippen LogP contribution in [0.2, 0.25) is 5.02 Å². The fraction of sp³-hybridized carbons (Fsp3) is 0.316. The molecule has 0 atom stereocenters. The molecule has 2 aromatic carbocycles. The fourth-order valence-corrected chi connectivity index (χ4v) is 3.57. The normalized spacial score (nSPS) is 17.1. The first-order valence-corrected chi connectivity index (χ1v) is 8.97. The quantitative estimate of drug-likeness (QED) is 0.896. The fourth-order valence-electron chi connectivity index (χ4n) is 3.37. The molecule has 2 aromatic rings. The maximum Gasteiger partial charge on any atom is 0.265 e. The molecule has 0 aromatic heterocycles. The SMILES string of the molecule is O=C1COc2c(N3CCNCC3)cc(F)cc2N1Cc1ccccc1Cl. The number of carbonyl (C=O) groups excluding carboxylic acids is 1. The lowest BCUT2D eigenvalue weighted by molar-refractivity contribution is -0.121. The van der Waals surface area contributed by atoms with E-state index in [1.807, 2.05) is 18.2 Å². The molecule has 0 saturated carbocycles. The Labute approximate surface area is 156 Å². The number of ether oxygens (including phenoxy) is 1. The van der Waals surface area contributed by atoms with Gasteiger partial charge < -0.3 is 19.9 Å². The number of benzene rings is 2. The molecule has 0 aliphatic carbocycles. The van der Waals surface area contributed by atoms with Gasteiger partial charge in [-0.2, -0.15) is 0 Å². The molecular weight excluding hydrogens is 357 g/mol. The van der Waals surface area contributed by atoms with Crippen LogP contribution in [0.5, 0.6) is 5.75 Å². The van der Waals surface area contributed by atoms with E-state index in [9.17, 15) is 9.18 Å². The van der Waals surface area contributed by atoms with E-state index in [2.05, 4.69) is 10.2 Å². The van der Waals surface area contributed by atoms with Gasteiger partial charge in [-0.05, 0) is 11.6 Å². The van der Waals surface area contributed by atoms with E-state index in [4.69, 9.17) is 16.3 Å². The van der Waals surface area contributed by atoms with Gasteiger partial charge in [-0.15, -0.1) is 0 Å². The van der Waals surface area contributed by atoms with Crippen molar-refractivity contribution >= 4 is 28.9 Å². The average molecular weight is 376 g/mol. The summed E-state index contributed by atoms with van der Waals surface area (Å²) in [7, 11) is 0. The van der Waals surface area contributed by atoms with Crippen molar-refractivity contribution in [2.24, 2.45) is 0 Å². The van der Waals surface area contributed by atoms with Crippen LogP contribution in [0.15, 0.2) is 36.4 Å². The Morgan fingerprint density at radius 1 is 1.15 bits per heavy atom. The largest absolute Gasteiger partial charge is 0.479 e. The summed E-state index contributed by atoms with van der Waals surface area (Å²) in [5, 5.41) is 3.85. The molecule has 2 aliphatic rings. The topological polar surface area (TPSA) is 44.8 Å². The molecule has 26 heavy (non-hydrogen) atoms. The van der Waals surface area contributed by atoms with Crippen LogP contribution >= 0.6 is 11.6 Å². The average Bonchev–Trinajstić information content (AvgIpc) is 2.66. The Kier molecular flexibility index (Phi) is 4.70. The number of fused-ring (bicyclic) bond motifs is 1. The predicted octanol–water partition coefficient (Wildman–Crippen LogP) is 2.81. The maximum atomic E-state index is 14.4. The molecule has 0 radical (unpaired) electrons. The maximum absolute atomic E-state index is 14.4. The van der Waals surface area contributed by atoms with Crippen molar-refractivity contribution in [1.29, 1.82) is 0 Å². The number of halogens is 2. The summed E-state index contributed by atoms with van der Waals surface area (Å²) in [6.45, 7) is 3.39. The molecule has 4 rings (SSSR count). The molecule has 1 fully saturated rings. The van der Waals surface area contributed by atoms with E-state index in [0.29, 0.717) is 22.1 Å². The summed E-state index contributed by atoms with van der Waals surface area (Å²) in [5.74, 6) is -0.0472. The summed E-state index contributed by atoms with van der Waals surface area (Å²) < 4.78 is 20.1. The lowest BCUT2D eigenvalue weighted by atomic mass is 10.1. The number of hydrogen-bond acceptors (Lipinski definition) is 4. The number of amides is 1. The minimum atomic E-state index is -0.389. The molecule has 136 valence electrons. The van der Waals surface area contributed by atoms with Crippen LogP contribution in [0.3, 0.4) is 0 Å². The van der Waals surface area contributed by atoms with Crippen LogP contribution in [-0.2, 0) is 11.3 Å². The minimum Gasteiger partial charge on any atom is -0.479 e. The van der Waals surface area contributed by atoms with Crippen LogP contribution in [0.4, 0.5) is 15.8 Å². The molecule has 7 heteroatoms. The van der Waals surface area contributed by atoms with Gasteiger partial charge in [0, 0.05) is 43.3 Å². The van der Waals surface area contributed by atoms with E-state index in [0.717, 1.165) is 31.7 Å². The second kappa shape index (κ2) is 7.13. The molecular formula is C19H19ClFN3O2. The van der Waals surface area contributed by atoms with Crippen molar-refractivity contribution < 1.29 is 13.9 Å². The summed E-state index contributed by atoms with van der Waals surface area (Å²) in [5.41, 5.74) is 1.95. The molecule has 1 N–H and O–H groups in total. The first-order chi connectivity index (χ1) is 12.6. The summed E-state index contributed by atoms with van der Waals surface area (Å²) >= 11 is 6.24. The van der Waals surface area contributed by atoms with E-state index in [1.54, 1.807) is 11.0 Å². The van der Waals surface area contributed by atoms with Gasteiger partial charge in [0.25, 0.3) is 5.91 Å². The standard InChI is InChI=1S/C19H19ClFN3O2/c20-15-4-2-1-3-13(15)11-24-17-10-14(21)9-16(19(17)26-12-18(24)25)23-7-5-22-6-8-23/h1-4,9-10,22H,5-8,11-12H2. The number of anilines is 2. The van der Waals surface area contributed by atoms with Crippen LogP contribution in [-0.4, -0.2) is 38.7 Å². The van der Waals surface area contributed by atoms with Gasteiger partial charge in [0.2, 0.25) is 0 Å². The van der Waals surface area contributed by atoms with Gasteiger partial charge in [-0.3, -0.25) is 4.79 Å². The minimum absolute atomic E-state index is 0.0673. The summed E-state index contributed by atoms with van der Waals surface area (Å²) in [4.78, 5) is 16.1. The first-order valence-electron chi connectivity index (χ1n) is 8.59. The molecule has 2 heterocycles. The van der Waals surface area contributed by atoms with Crippen molar-refractivity contribution in [2.75, 3.05) is 42.6 Å². The highest BCUT2D eigenvalue weighted by Crippen LogP contribution is 2.42. The third kappa shape index (κ3) is 3.22. The molecule has 2 aliphatic heterocycles. The number of nitrogens with zero attached hydrogens (tertiary/aromatic N) is 2. The van der Waals surface area contributed by atoms with Crippen molar-refractivity contribution in [1.82, 2.24) is 5.32 Å². The van der Waals surface area contributed by atoms with E-state index in [1.165, 1.54) is 12.1 Å². The molecule has 0 bridgehead atoms. The zero-order valence-electron chi connectivity index (χ0n) is 14.2. The molecule has 5 nitrogen and oxygen atoms in total. The third-order valence-electron chi connectivity index (χ3n) is 4.69. The van der Waals surface area contributed by atoms with Gasteiger partial charge in [-0.25, -0.2) is 4.39 Å². The van der Waals surface area contributed by atoms with Gasteiger partial charge in [0.05, 0.1) is 17.9 Å². The van der Waals surface area contributed by atoms with Gasteiger partial charge in [0.1, 0.15) is 5.82 Å². The number of hydrogen-bond donors (Lipinski definition) is 1. The number of nitrogens with one attached hydrogen (secondary N) is 1. The lowest BCUT2D eigenvalue weighted by Crippen LogP contribution is -2.44. The van der Waals surface area contributed by atoms with Gasteiger partial charge in [0.15, 0.2) is 12.4 Å². The summed E-state index contributed by atoms with van der Waals surface area (Å²) in [6, 6.07) is 10.2.